The molecular weight excluding hydrogens is 558 g/mol. The van der Waals surface area contributed by atoms with E-state index in [2.05, 4.69) is 90.9 Å². The highest BCUT2D eigenvalue weighted by Gasteiger charge is 2.11. The van der Waals surface area contributed by atoms with Gasteiger partial charge in [-0.25, -0.2) is 0 Å². The summed E-state index contributed by atoms with van der Waals surface area (Å²) >= 11 is 12.0. The maximum absolute atomic E-state index is 3.64. The summed E-state index contributed by atoms with van der Waals surface area (Å²) in [7, 11) is 0. The minimum Gasteiger partial charge on any atom is -0.0654 e. The lowest BCUT2D eigenvalue weighted by Gasteiger charge is -2.13. The second-order valence-corrected chi connectivity index (χ2v) is 10.4. The minimum absolute atomic E-state index is 1.18. The van der Waals surface area contributed by atoms with Crippen LogP contribution in [0.3, 0.4) is 0 Å². The summed E-state index contributed by atoms with van der Waals surface area (Å²) in [6.45, 7) is 4.49. The van der Waals surface area contributed by atoms with Crippen molar-refractivity contribution in [2.24, 2.45) is 0 Å². The Bertz CT molecular complexity index is 234. The van der Waals surface area contributed by atoms with Crippen LogP contribution in [-0.4, -0.2) is 0 Å². The van der Waals surface area contributed by atoms with Crippen LogP contribution in [0.15, 0.2) is 16.1 Å². The molecule has 0 heterocycles. The molecule has 4 heteroatoms. The van der Waals surface area contributed by atoms with Crippen molar-refractivity contribution in [3.8, 4) is 0 Å². The van der Waals surface area contributed by atoms with Crippen LogP contribution in [0.2, 0.25) is 0 Å². The summed E-state index contributed by atoms with van der Waals surface area (Å²) in [6, 6.07) is 0. The summed E-state index contributed by atoms with van der Waals surface area (Å²) in [4.78, 5) is 0. The van der Waals surface area contributed by atoms with Crippen molar-refractivity contribution in [2.75, 3.05) is 0 Å². The molecule has 16 heavy (non-hydrogen) atoms. The van der Waals surface area contributed by atoms with E-state index in [0.717, 1.165) is 0 Å². The van der Waals surface area contributed by atoms with E-state index in [1.807, 2.05) is 0 Å². The molecule has 0 aromatic carbocycles. The van der Waals surface area contributed by atoms with Gasteiger partial charge in [0.2, 0.25) is 0 Å². The molecule has 0 aliphatic heterocycles. The second-order valence-electron chi connectivity index (χ2n) is 3.69. The van der Waals surface area contributed by atoms with Gasteiger partial charge >= 0.3 is 0 Å². The van der Waals surface area contributed by atoms with Gasteiger partial charge in [0.05, 0.1) is 4.98 Å². The fourth-order valence-corrected chi connectivity index (χ4v) is 3.49. The van der Waals surface area contributed by atoms with Gasteiger partial charge in [-0.3, -0.25) is 0 Å². The van der Waals surface area contributed by atoms with Crippen LogP contribution in [0.1, 0.15) is 52.4 Å². The third-order valence-electron chi connectivity index (χ3n) is 2.38. The largest absolute Gasteiger partial charge is 0.0654 e. The van der Waals surface area contributed by atoms with Crippen LogP contribution in [-0.2, 0) is 0 Å². The quantitative estimate of drug-likeness (QED) is 0.219. The fourth-order valence-electron chi connectivity index (χ4n) is 1.43. The molecule has 0 saturated carbocycles. The molecule has 94 valence electrons. The van der Waals surface area contributed by atoms with Crippen LogP contribution < -0.4 is 0 Å². The zero-order valence-electron chi connectivity index (χ0n) is 9.75. The van der Waals surface area contributed by atoms with Crippen LogP contribution in [0.25, 0.3) is 0 Å². The predicted molar refractivity (Wildman–Crippen MR) is 99.0 cm³/mol. The molecule has 0 fully saturated rings. The summed E-state index contributed by atoms with van der Waals surface area (Å²) < 4.78 is 2.52. The first-order valence-corrected chi connectivity index (χ1v) is 9.37. The number of halogens is 4. The van der Waals surface area contributed by atoms with Gasteiger partial charge in [-0.05, 0) is 114 Å². The molecule has 0 unspecified atom stereocenters. The lowest BCUT2D eigenvalue weighted by molar-refractivity contribution is 0.754. The smallest absolute Gasteiger partial charge is 0.0594 e. The van der Waals surface area contributed by atoms with Gasteiger partial charge in [-0.15, -0.1) is 0 Å². The highest BCUT2D eigenvalue weighted by molar-refractivity contribution is 14.1. The number of hydrogen-bond acceptors (Lipinski definition) is 0. The Hall–Kier alpha value is 1.90. The molecule has 0 N–H and O–H groups in total. The van der Waals surface area contributed by atoms with Gasteiger partial charge in [0.25, 0.3) is 0 Å². The molecule has 0 aromatic heterocycles. The van der Waals surface area contributed by atoms with Crippen molar-refractivity contribution in [2.45, 2.75) is 52.4 Å². The Balaban J connectivity index is 4.85. The molecule has 0 amide bonds. The summed E-state index contributed by atoms with van der Waals surface area (Å²) in [5.41, 5.74) is 2.97. The normalized spacial score (nSPS) is 14.6. The Morgan fingerprint density at radius 3 is 1.31 bits per heavy atom. The third kappa shape index (κ3) is 7.36. The van der Waals surface area contributed by atoms with Gasteiger partial charge in [0.1, 0.15) is 0 Å². The number of hydrogen-bond donors (Lipinski definition) is 0. The molecule has 0 rings (SSSR count). The maximum Gasteiger partial charge on any atom is 0.0594 e. The van der Waals surface area contributed by atoms with E-state index in [1.54, 1.807) is 0 Å². The molecule has 0 aromatic rings. The van der Waals surface area contributed by atoms with E-state index in [9.17, 15) is 0 Å². The van der Waals surface area contributed by atoms with Gasteiger partial charge < -0.3 is 0 Å². The number of unbranched alkanes of at least 4 members (excludes halogenated alkanes) is 2. The molecule has 0 spiro atoms. The molecule has 0 atom stereocenters. The highest BCUT2D eigenvalue weighted by atomic mass is 127. The average Bonchev–Trinajstić information content (AvgIpc) is 2.21. The van der Waals surface area contributed by atoms with Gasteiger partial charge in [0, 0.05) is 0 Å². The minimum atomic E-state index is 1.18. The van der Waals surface area contributed by atoms with Crippen molar-refractivity contribution in [1.82, 2.24) is 0 Å². The molecule has 0 nitrogen and oxygen atoms in total. The summed E-state index contributed by atoms with van der Waals surface area (Å²) in [5.74, 6) is 0. The maximum atomic E-state index is 3.64. The summed E-state index contributed by atoms with van der Waals surface area (Å²) in [5, 5.41) is 0. The molecule has 0 bridgehead atoms. The SMILES string of the molecule is CCCCC(=C(\Br)I)/C(CCCC)=C(/Br)I. The first kappa shape index (κ1) is 17.9. The highest BCUT2D eigenvalue weighted by Crippen LogP contribution is 2.37. The van der Waals surface area contributed by atoms with E-state index >= 15 is 0 Å². The predicted octanol–water partition coefficient (Wildman–Crippen LogP) is 7.45. The molecular formula is C12H18Br2I2. The lowest BCUT2D eigenvalue weighted by Crippen LogP contribution is -1.93. The van der Waals surface area contributed by atoms with E-state index in [4.69, 9.17) is 0 Å². The molecule has 0 aliphatic rings. The standard InChI is InChI=1S/C12H18Br2I2/c1-3-5-7-9(11(13)15)10(12(14)16)8-6-4-2/h3-8H2,1-2H3/b11-9-,12-10-. The lowest BCUT2D eigenvalue weighted by atomic mass is 9.99. The van der Waals surface area contributed by atoms with Crippen molar-refractivity contribution < 1.29 is 0 Å². The van der Waals surface area contributed by atoms with Crippen LogP contribution in [0, 0.1) is 0 Å². The monoisotopic (exact) mass is 574 g/mol. The van der Waals surface area contributed by atoms with Crippen molar-refractivity contribution >= 4 is 77.0 Å². The number of allylic oxidation sites excluding steroid dienone is 2. The zero-order chi connectivity index (χ0) is 12.6. The van der Waals surface area contributed by atoms with Gasteiger partial charge in [-0.2, -0.15) is 0 Å². The molecule has 0 aliphatic carbocycles. The molecule has 0 saturated heterocycles. The van der Waals surface area contributed by atoms with Crippen LogP contribution in [0.4, 0.5) is 0 Å². The van der Waals surface area contributed by atoms with Crippen LogP contribution in [0.5, 0.6) is 0 Å². The third-order valence-corrected chi connectivity index (χ3v) is 4.64. The Morgan fingerprint density at radius 1 is 0.812 bits per heavy atom. The van der Waals surface area contributed by atoms with Gasteiger partial charge in [0.15, 0.2) is 0 Å². The van der Waals surface area contributed by atoms with E-state index < -0.39 is 0 Å². The Labute approximate surface area is 144 Å². The topological polar surface area (TPSA) is 0 Å². The van der Waals surface area contributed by atoms with Crippen molar-refractivity contribution in [3.05, 3.63) is 16.1 Å². The van der Waals surface area contributed by atoms with Gasteiger partial charge in [-0.1, -0.05) is 26.7 Å². The Kier molecular flexibility index (Phi) is 12.1. The second kappa shape index (κ2) is 10.8. The van der Waals surface area contributed by atoms with Crippen molar-refractivity contribution in [3.63, 3.8) is 0 Å². The molecule has 0 radical (unpaired) electrons. The number of rotatable bonds is 7. The first-order chi connectivity index (χ1) is 7.54. The average molecular weight is 576 g/mol. The first-order valence-electron chi connectivity index (χ1n) is 5.63. The van der Waals surface area contributed by atoms with Crippen LogP contribution >= 0.6 is 77.0 Å². The van der Waals surface area contributed by atoms with Crippen molar-refractivity contribution in [1.29, 1.82) is 0 Å². The fraction of sp³-hybridized carbons (Fsp3) is 0.667. The summed E-state index contributed by atoms with van der Waals surface area (Å²) in [6.07, 6.45) is 7.38. The van der Waals surface area contributed by atoms with E-state index in [-0.39, 0.29) is 0 Å². The zero-order valence-corrected chi connectivity index (χ0v) is 17.2. The van der Waals surface area contributed by atoms with E-state index in [1.165, 1.54) is 54.6 Å². The van der Waals surface area contributed by atoms with E-state index in [0.29, 0.717) is 0 Å². The Morgan fingerprint density at radius 2 is 1.12 bits per heavy atom.